The number of anilines is 1. The van der Waals surface area contributed by atoms with Crippen molar-refractivity contribution in [1.82, 2.24) is 25.0 Å². The molecule has 0 aliphatic rings. The highest BCUT2D eigenvalue weighted by Gasteiger charge is 2.30. The van der Waals surface area contributed by atoms with Gasteiger partial charge in [0, 0.05) is 11.3 Å². The molecule has 0 aliphatic carbocycles. The first-order valence-corrected chi connectivity index (χ1v) is 7.63. The van der Waals surface area contributed by atoms with Crippen molar-refractivity contribution < 1.29 is 18.0 Å². The molecule has 10 heteroatoms. The average molecular weight is 364 g/mol. The Hall–Kier alpha value is -3.17. The van der Waals surface area contributed by atoms with Crippen LogP contribution >= 0.6 is 0 Å². The molecule has 26 heavy (non-hydrogen) atoms. The van der Waals surface area contributed by atoms with Crippen molar-refractivity contribution in [3.63, 3.8) is 0 Å². The first kappa shape index (κ1) is 17.6. The Kier molecular flexibility index (Phi) is 4.49. The highest BCUT2D eigenvalue weighted by molar-refractivity contribution is 5.90. The van der Waals surface area contributed by atoms with Crippen LogP contribution in [0.3, 0.4) is 0 Å². The van der Waals surface area contributed by atoms with E-state index in [0.29, 0.717) is 17.0 Å². The predicted octanol–water partition coefficient (Wildman–Crippen LogP) is 2.81. The van der Waals surface area contributed by atoms with E-state index in [2.05, 4.69) is 25.6 Å². The molecule has 136 valence electrons. The van der Waals surface area contributed by atoms with Crippen LogP contribution in [0, 0.1) is 13.8 Å². The highest BCUT2D eigenvalue weighted by atomic mass is 19.4. The van der Waals surface area contributed by atoms with Crippen molar-refractivity contribution in [1.29, 1.82) is 0 Å². The van der Waals surface area contributed by atoms with Gasteiger partial charge in [0.2, 0.25) is 11.9 Å². The van der Waals surface area contributed by atoms with Gasteiger partial charge in [-0.05, 0) is 32.0 Å². The molecule has 0 fully saturated rings. The van der Waals surface area contributed by atoms with Crippen molar-refractivity contribution in [3.05, 3.63) is 53.1 Å². The Morgan fingerprint density at radius 1 is 1.31 bits per heavy atom. The van der Waals surface area contributed by atoms with Gasteiger partial charge in [-0.2, -0.15) is 28.4 Å². The number of benzene rings is 1. The maximum atomic E-state index is 12.9. The summed E-state index contributed by atoms with van der Waals surface area (Å²) in [5.41, 5.74) is 1.32. The molecule has 2 heterocycles. The topological polar surface area (TPSA) is 88.5 Å². The minimum Gasteiger partial charge on any atom is -0.295 e. The SMILES string of the molecule is Cc1nn(-c2cccc(C(F)(F)F)c2)c(C)c1CC(=O)Nc1ncn[nH]1. The molecule has 3 rings (SSSR count). The number of alkyl halides is 3. The second-order valence-corrected chi connectivity index (χ2v) is 5.67. The number of H-pyrrole nitrogens is 1. The molecular weight excluding hydrogens is 349 g/mol. The van der Waals surface area contributed by atoms with E-state index in [-0.39, 0.29) is 24.0 Å². The van der Waals surface area contributed by atoms with Crippen LogP contribution in [-0.2, 0) is 17.4 Å². The number of carbonyl (C=O) groups is 1. The maximum absolute atomic E-state index is 12.9. The third-order valence-electron chi connectivity index (χ3n) is 3.87. The van der Waals surface area contributed by atoms with Crippen molar-refractivity contribution in [2.75, 3.05) is 5.32 Å². The second kappa shape index (κ2) is 6.62. The summed E-state index contributed by atoms with van der Waals surface area (Å²) >= 11 is 0. The lowest BCUT2D eigenvalue weighted by Gasteiger charge is -2.10. The summed E-state index contributed by atoms with van der Waals surface area (Å²) in [5, 5.41) is 13.0. The molecule has 1 aromatic carbocycles. The van der Waals surface area contributed by atoms with E-state index in [0.717, 1.165) is 12.1 Å². The number of aromatic amines is 1. The van der Waals surface area contributed by atoms with Crippen LogP contribution < -0.4 is 5.32 Å². The third-order valence-corrected chi connectivity index (χ3v) is 3.87. The minimum atomic E-state index is -4.44. The van der Waals surface area contributed by atoms with E-state index in [1.165, 1.54) is 23.1 Å². The van der Waals surface area contributed by atoms with E-state index < -0.39 is 11.7 Å². The molecule has 0 radical (unpaired) electrons. The largest absolute Gasteiger partial charge is 0.416 e. The van der Waals surface area contributed by atoms with Crippen molar-refractivity contribution in [2.24, 2.45) is 0 Å². The molecule has 1 amide bonds. The molecule has 7 nitrogen and oxygen atoms in total. The first-order valence-electron chi connectivity index (χ1n) is 7.63. The summed E-state index contributed by atoms with van der Waals surface area (Å²) in [6.07, 6.45) is -3.17. The number of aromatic nitrogens is 5. The van der Waals surface area contributed by atoms with Gasteiger partial charge in [0.05, 0.1) is 23.4 Å². The van der Waals surface area contributed by atoms with E-state index in [1.807, 2.05) is 0 Å². The molecule has 0 unspecified atom stereocenters. The number of carbonyl (C=O) groups excluding carboxylic acids is 1. The molecule has 2 aromatic heterocycles. The van der Waals surface area contributed by atoms with E-state index in [9.17, 15) is 18.0 Å². The predicted molar refractivity (Wildman–Crippen MR) is 86.8 cm³/mol. The molecular formula is C16H15F3N6O. The van der Waals surface area contributed by atoms with Crippen LogP contribution in [0.25, 0.3) is 5.69 Å². The number of rotatable bonds is 4. The van der Waals surface area contributed by atoms with Gasteiger partial charge in [-0.15, -0.1) is 0 Å². The number of hydrogen-bond acceptors (Lipinski definition) is 4. The molecule has 2 N–H and O–H groups in total. The number of nitrogens with zero attached hydrogens (tertiary/aromatic N) is 4. The Labute approximate surface area is 146 Å². The molecule has 0 bridgehead atoms. The third kappa shape index (κ3) is 3.58. The van der Waals surface area contributed by atoms with Crippen molar-refractivity contribution >= 4 is 11.9 Å². The quantitative estimate of drug-likeness (QED) is 0.745. The molecule has 0 spiro atoms. The normalized spacial score (nSPS) is 11.6. The maximum Gasteiger partial charge on any atom is 0.416 e. The fourth-order valence-corrected chi connectivity index (χ4v) is 2.60. The zero-order valence-electron chi connectivity index (χ0n) is 13.9. The first-order chi connectivity index (χ1) is 12.3. The van der Waals surface area contributed by atoms with Gasteiger partial charge in [-0.3, -0.25) is 10.1 Å². The van der Waals surface area contributed by atoms with Crippen LogP contribution in [0.5, 0.6) is 0 Å². The number of nitrogens with one attached hydrogen (secondary N) is 2. The molecule has 0 saturated carbocycles. The molecule has 3 aromatic rings. The van der Waals surface area contributed by atoms with Crippen LogP contribution in [-0.4, -0.2) is 30.9 Å². The summed E-state index contributed by atoms with van der Waals surface area (Å²) in [7, 11) is 0. The summed E-state index contributed by atoms with van der Waals surface area (Å²) in [4.78, 5) is 15.9. The lowest BCUT2D eigenvalue weighted by molar-refractivity contribution is -0.137. The van der Waals surface area contributed by atoms with E-state index in [1.54, 1.807) is 13.8 Å². The molecule has 0 saturated heterocycles. The minimum absolute atomic E-state index is 0.0112. The van der Waals surface area contributed by atoms with Gasteiger partial charge in [0.25, 0.3) is 0 Å². The number of amides is 1. The Bertz CT molecular complexity index is 930. The van der Waals surface area contributed by atoms with Gasteiger partial charge >= 0.3 is 6.18 Å². The Morgan fingerprint density at radius 2 is 2.08 bits per heavy atom. The monoisotopic (exact) mass is 364 g/mol. The zero-order chi connectivity index (χ0) is 18.9. The smallest absolute Gasteiger partial charge is 0.295 e. The van der Waals surface area contributed by atoms with Crippen LogP contribution in [0.4, 0.5) is 19.1 Å². The van der Waals surface area contributed by atoms with Gasteiger partial charge < -0.3 is 0 Å². The highest BCUT2D eigenvalue weighted by Crippen LogP contribution is 2.30. The van der Waals surface area contributed by atoms with Crippen LogP contribution in [0.15, 0.2) is 30.6 Å². The standard InChI is InChI=1S/C16H15F3N6O/c1-9-13(7-14(26)22-15-20-8-21-23-15)10(2)25(24-9)12-5-3-4-11(6-12)16(17,18)19/h3-6,8H,7H2,1-2H3,(H2,20,21,22,23,26). The van der Waals surface area contributed by atoms with E-state index >= 15 is 0 Å². The van der Waals surface area contributed by atoms with Gasteiger partial charge in [-0.1, -0.05) is 6.07 Å². The van der Waals surface area contributed by atoms with Crippen molar-refractivity contribution in [3.8, 4) is 5.69 Å². The summed E-state index contributed by atoms with van der Waals surface area (Å²) in [6, 6.07) is 4.89. The summed E-state index contributed by atoms with van der Waals surface area (Å²) in [5.74, 6) is -0.118. The molecule has 0 aliphatic heterocycles. The Balaban J connectivity index is 1.87. The van der Waals surface area contributed by atoms with Gasteiger partial charge in [0.1, 0.15) is 6.33 Å². The van der Waals surface area contributed by atoms with E-state index in [4.69, 9.17) is 0 Å². The second-order valence-electron chi connectivity index (χ2n) is 5.67. The van der Waals surface area contributed by atoms with Gasteiger partial charge in [-0.25, -0.2) is 9.78 Å². The van der Waals surface area contributed by atoms with Crippen molar-refractivity contribution in [2.45, 2.75) is 26.4 Å². The molecule has 0 atom stereocenters. The Morgan fingerprint density at radius 3 is 2.73 bits per heavy atom. The van der Waals surface area contributed by atoms with Crippen LogP contribution in [0.1, 0.15) is 22.5 Å². The number of hydrogen-bond donors (Lipinski definition) is 2. The van der Waals surface area contributed by atoms with Crippen LogP contribution in [0.2, 0.25) is 0 Å². The lowest BCUT2D eigenvalue weighted by atomic mass is 10.1. The van der Waals surface area contributed by atoms with Gasteiger partial charge in [0.15, 0.2) is 0 Å². The fraction of sp³-hybridized carbons (Fsp3) is 0.250. The fourth-order valence-electron chi connectivity index (χ4n) is 2.60. The number of halogens is 3. The average Bonchev–Trinajstić information content (AvgIpc) is 3.17. The summed E-state index contributed by atoms with van der Waals surface area (Å²) in [6.45, 7) is 3.41. The number of aryl methyl sites for hydroxylation is 1. The summed E-state index contributed by atoms with van der Waals surface area (Å²) < 4.78 is 40.2. The lowest BCUT2D eigenvalue weighted by Crippen LogP contribution is -2.16. The zero-order valence-corrected chi connectivity index (χ0v) is 13.9.